The van der Waals surface area contributed by atoms with Gasteiger partial charge in [-0.05, 0) is 0 Å². The summed E-state index contributed by atoms with van der Waals surface area (Å²) in [6.45, 7) is 0.473. The number of alkyl halides is 4. The van der Waals surface area contributed by atoms with Crippen LogP contribution in [-0.2, 0) is 13.6 Å². The predicted octanol–water partition coefficient (Wildman–Crippen LogP) is 3.40. The van der Waals surface area contributed by atoms with Crippen LogP contribution in [0.2, 0.25) is 0 Å². The minimum absolute atomic E-state index is 0.0638. The first kappa shape index (κ1) is 17.0. The first-order chi connectivity index (χ1) is 6.91. The number of hydrogen-bond acceptors (Lipinski definition) is 3. The van der Waals surface area contributed by atoms with Gasteiger partial charge >= 0.3 is 7.75 Å². The number of rotatable bonds is 8. The molecule has 0 radical (unpaired) electrons. The smallest absolute Gasteiger partial charge is 0.296 e. The van der Waals surface area contributed by atoms with E-state index in [9.17, 15) is 4.57 Å². The molecule has 4 nitrogen and oxygen atoms in total. The molecule has 0 heterocycles. The zero-order valence-electron chi connectivity index (χ0n) is 7.74. The minimum atomic E-state index is -3.43. The molecule has 0 spiro atoms. The Bertz CT molecular complexity index is 203. The Hall–Kier alpha value is 2.03. The van der Waals surface area contributed by atoms with Gasteiger partial charge in [0.1, 0.15) is 0 Å². The number of hydrogen-bond donors (Lipinski definition) is 1. The maximum Gasteiger partial charge on any atom is 0.402 e. The fraction of sp³-hybridized carbons (Fsp3) is 1.00. The van der Waals surface area contributed by atoms with Crippen molar-refractivity contribution in [1.82, 2.24) is 0 Å². The maximum absolute atomic E-state index is 11.5. The van der Waals surface area contributed by atoms with Gasteiger partial charge in [0.05, 0.1) is 13.2 Å². The second-order valence-electron chi connectivity index (χ2n) is 2.63. The molecule has 2 unspecified atom stereocenters. The third-order valence-electron chi connectivity index (χ3n) is 1.21. The lowest BCUT2D eigenvalue weighted by molar-refractivity contribution is 0.210. The fourth-order valence-corrected chi connectivity index (χ4v) is 2.39. The zero-order valence-corrected chi connectivity index (χ0v) is 15.0. The van der Waals surface area contributed by atoms with Crippen molar-refractivity contribution in [3.05, 3.63) is 0 Å². The highest BCUT2D eigenvalue weighted by Gasteiger charge is 2.21. The minimum Gasteiger partial charge on any atom is -0.296 e. The van der Waals surface area contributed by atoms with E-state index < -0.39 is 7.75 Å². The van der Waals surface area contributed by atoms with Gasteiger partial charge in [-0.1, -0.05) is 63.7 Å². The molecule has 0 aliphatic heterocycles. The Kier molecular flexibility index (Phi) is 10.2. The molecule has 0 rings (SSSR count). The van der Waals surface area contributed by atoms with Gasteiger partial charge in [0.2, 0.25) is 0 Å². The maximum atomic E-state index is 11.5. The molecule has 2 atom stereocenters. The molecule has 0 aromatic rings. The van der Waals surface area contributed by atoms with Crippen LogP contribution in [-0.4, -0.2) is 33.5 Å². The molecule has 9 heteroatoms. The summed E-state index contributed by atoms with van der Waals surface area (Å²) < 4.78 is 21.5. The van der Waals surface area contributed by atoms with Crippen LogP contribution >= 0.6 is 71.5 Å². The van der Waals surface area contributed by atoms with Crippen molar-refractivity contribution in [2.75, 3.05) is 23.9 Å². The van der Waals surface area contributed by atoms with Gasteiger partial charge in [0.25, 0.3) is 0 Å². The number of halogens is 4. The van der Waals surface area contributed by atoms with E-state index in [4.69, 9.17) is 14.6 Å². The Morgan fingerprint density at radius 3 is 1.67 bits per heavy atom. The van der Waals surface area contributed by atoms with Crippen molar-refractivity contribution in [2.24, 2.45) is 5.50 Å². The Labute approximate surface area is 123 Å². The van der Waals surface area contributed by atoms with Crippen molar-refractivity contribution in [1.29, 1.82) is 0 Å². The molecular weight excluding hydrogens is 485 g/mol. The summed E-state index contributed by atoms with van der Waals surface area (Å²) in [5, 5.41) is 1.38. The summed E-state index contributed by atoms with van der Waals surface area (Å²) in [5.74, 6) is 0. The molecule has 92 valence electrons. The Balaban J connectivity index is 3.81. The van der Waals surface area contributed by atoms with Crippen molar-refractivity contribution < 1.29 is 13.6 Å². The summed E-state index contributed by atoms with van der Waals surface area (Å²) in [4.78, 5) is 0.128. The predicted molar refractivity (Wildman–Crippen MR) is 76.7 cm³/mol. The standard InChI is InChI=1S/C6H12Br4NO3P/c7-1-5(9)3-13-15(11,12)14-4-6(10)2-8/h5-6H,1-4H2,(H2,11,12). The monoisotopic (exact) mass is 493 g/mol. The molecule has 0 aromatic heterocycles. The van der Waals surface area contributed by atoms with Gasteiger partial charge < -0.3 is 0 Å². The first-order valence-corrected chi connectivity index (χ1v) is 9.67. The van der Waals surface area contributed by atoms with E-state index >= 15 is 0 Å². The first-order valence-electron chi connectivity index (χ1n) is 3.99. The van der Waals surface area contributed by atoms with Crippen LogP contribution in [0.4, 0.5) is 0 Å². The van der Waals surface area contributed by atoms with E-state index in [1.807, 2.05) is 0 Å². The van der Waals surface area contributed by atoms with Crippen LogP contribution in [0, 0.1) is 0 Å². The van der Waals surface area contributed by atoms with E-state index in [0.717, 1.165) is 0 Å². The third kappa shape index (κ3) is 9.71. The molecule has 2 N–H and O–H groups in total. The highest BCUT2D eigenvalue weighted by Crippen LogP contribution is 2.40. The van der Waals surface area contributed by atoms with Crippen molar-refractivity contribution >= 4 is 71.5 Å². The summed E-state index contributed by atoms with van der Waals surface area (Å²) in [6.07, 6.45) is 0. The molecule has 0 aliphatic rings. The lowest BCUT2D eigenvalue weighted by Crippen LogP contribution is -2.16. The van der Waals surface area contributed by atoms with Crippen LogP contribution in [0.25, 0.3) is 0 Å². The Morgan fingerprint density at radius 2 is 1.40 bits per heavy atom. The van der Waals surface area contributed by atoms with E-state index in [1.165, 1.54) is 0 Å². The second-order valence-corrected chi connectivity index (χ2v) is 8.12. The SMILES string of the molecule is NP(=O)(OCC(Br)CBr)OCC(Br)CBr. The molecule has 0 aromatic carbocycles. The van der Waals surface area contributed by atoms with E-state index in [-0.39, 0.29) is 22.9 Å². The summed E-state index contributed by atoms with van der Waals surface area (Å²) in [7, 11) is -3.43. The van der Waals surface area contributed by atoms with Gasteiger partial charge in [-0.25, -0.2) is 10.1 Å². The van der Waals surface area contributed by atoms with Crippen molar-refractivity contribution in [2.45, 2.75) is 9.65 Å². The third-order valence-corrected chi connectivity index (χ3v) is 6.70. The topological polar surface area (TPSA) is 61.6 Å². The zero-order chi connectivity index (χ0) is 11.9. The molecule has 0 saturated heterocycles. The summed E-state index contributed by atoms with van der Waals surface area (Å²) >= 11 is 13.1. The van der Waals surface area contributed by atoms with Gasteiger partial charge in [0, 0.05) is 20.3 Å². The largest absolute Gasteiger partial charge is 0.402 e. The van der Waals surface area contributed by atoms with Crippen LogP contribution < -0.4 is 5.50 Å². The normalized spacial score (nSPS) is 19.5. The molecular formula is C6H12Br4NO3P. The van der Waals surface area contributed by atoms with Crippen molar-refractivity contribution in [3.63, 3.8) is 0 Å². The second kappa shape index (κ2) is 9.03. The van der Waals surface area contributed by atoms with E-state index in [1.54, 1.807) is 0 Å². The summed E-state index contributed by atoms with van der Waals surface area (Å²) in [6, 6.07) is 0. The van der Waals surface area contributed by atoms with Crippen LogP contribution in [0.5, 0.6) is 0 Å². The fourth-order valence-electron chi connectivity index (χ4n) is 0.496. The molecule has 0 fully saturated rings. The number of nitrogens with two attached hydrogens (primary N) is 1. The average molecular weight is 497 g/mol. The molecule has 0 bridgehead atoms. The summed E-state index contributed by atoms with van der Waals surface area (Å²) in [5.41, 5.74) is 5.36. The van der Waals surface area contributed by atoms with Gasteiger partial charge in [-0.15, -0.1) is 0 Å². The van der Waals surface area contributed by atoms with E-state index in [2.05, 4.69) is 63.7 Å². The highest BCUT2D eigenvalue weighted by atomic mass is 79.9. The molecule has 0 aliphatic carbocycles. The Morgan fingerprint density at radius 1 is 1.07 bits per heavy atom. The van der Waals surface area contributed by atoms with E-state index in [0.29, 0.717) is 10.7 Å². The van der Waals surface area contributed by atoms with Gasteiger partial charge in [-0.2, -0.15) is 0 Å². The highest BCUT2D eigenvalue weighted by molar-refractivity contribution is 9.12. The van der Waals surface area contributed by atoms with Crippen LogP contribution in [0.1, 0.15) is 0 Å². The van der Waals surface area contributed by atoms with Crippen molar-refractivity contribution in [3.8, 4) is 0 Å². The molecule has 0 amide bonds. The van der Waals surface area contributed by atoms with Crippen LogP contribution in [0.3, 0.4) is 0 Å². The average Bonchev–Trinajstić information content (AvgIpc) is 2.22. The lowest BCUT2D eigenvalue weighted by Gasteiger charge is -2.16. The quantitative estimate of drug-likeness (QED) is 0.413. The van der Waals surface area contributed by atoms with Crippen LogP contribution in [0.15, 0.2) is 0 Å². The lowest BCUT2D eigenvalue weighted by atomic mass is 10.5. The van der Waals surface area contributed by atoms with Gasteiger partial charge in [0.15, 0.2) is 0 Å². The molecule has 0 saturated carbocycles. The van der Waals surface area contributed by atoms with Gasteiger partial charge in [-0.3, -0.25) is 9.05 Å². The molecule has 15 heavy (non-hydrogen) atoms.